The SMILES string of the molecule is COc1ccccc1CNC(=O)[C@@H]1CC(=O)N(c2n[nH]c3ccccc23)C1. The second-order valence-corrected chi connectivity index (χ2v) is 6.53. The van der Waals surface area contributed by atoms with Gasteiger partial charge in [-0.2, -0.15) is 5.10 Å². The van der Waals surface area contributed by atoms with Crippen LogP contribution in [0, 0.1) is 5.92 Å². The van der Waals surface area contributed by atoms with Crippen molar-refractivity contribution >= 4 is 28.5 Å². The van der Waals surface area contributed by atoms with Gasteiger partial charge in [0.05, 0.1) is 18.5 Å². The van der Waals surface area contributed by atoms with Gasteiger partial charge in [-0.05, 0) is 18.2 Å². The van der Waals surface area contributed by atoms with Gasteiger partial charge in [0, 0.05) is 30.5 Å². The van der Waals surface area contributed by atoms with Crippen LogP contribution in [0.4, 0.5) is 5.82 Å². The van der Waals surface area contributed by atoms with Crippen LogP contribution >= 0.6 is 0 Å². The van der Waals surface area contributed by atoms with E-state index in [0.717, 1.165) is 22.2 Å². The number of ether oxygens (including phenoxy) is 1. The number of benzene rings is 2. The molecule has 2 aromatic carbocycles. The molecule has 2 N–H and O–H groups in total. The zero-order valence-electron chi connectivity index (χ0n) is 14.9. The van der Waals surface area contributed by atoms with Crippen molar-refractivity contribution in [3.63, 3.8) is 0 Å². The minimum Gasteiger partial charge on any atom is -0.496 e. The molecule has 1 aliphatic rings. The lowest BCUT2D eigenvalue weighted by molar-refractivity contribution is -0.126. The molecule has 27 heavy (non-hydrogen) atoms. The van der Waals surface area contributed by atoms with E-state index in [4.69, 9.17) is 4.74 Å². The topological polar surface area (TPSA) is 87.3 Å². The van der Waals surface area contributed by atoms with Crippen molar-refractivity contribution in [1.29, 1.82) is 0 Å². The van der Waals surface area contributed by atoms with Crippen molar-refractivity contribution in [2.24, 2.45) is 5.92 Å². The Kier molecular flexibility index (Phi) is 4.50. The van der Waals surface area contributed by atoms with Crippen molar-refractivity contribution in [2.75, 3.05) is 18.6 Å². The van der Waals surface area contributed by atoms with E-state index in [0.29, 0.717) is 18.9 Å². The Morgan fingerprint density at radius 3 is 2.89 bits per heavy atom. The van der Waals surface area contributed by atoms with Crippen molar-refractivity contribution in [3.05, 3.63) is 54.1 Å². The van der Waals surface area contributed by atoms with Gasteiger partial charge in [-0.1, -0.05) is 30.3 Å². The minimum absolute atomic E-state index is 0.0929. The molecule has 138 valence electrons. The van der Waals surface area contributed by atoms with Crippen LogP contribution in [0.3, 0.4) is 0 Å². The quantitative estimate of drug-likeness (QED) is 0.727. The molecule has 1 aliphatic heterocycles. The Balaban J connectivity index is 1.45. The Bertz CT molecular complexity index is 998. The Labute approximate surface area is 156 Å². The van der Waals surface area contributed by atoms with E-state index in [1.165, 1.54) is 0 Å². The number of anilines is 1. The molecule has 1 aromatic heterocycles. The maximum absolute atomic E-state index is 12.6. The fourth-order valence-electron chi connectivity index (χ4n) is 3.42. The lowest BCUT2D eigenvalue weighted by Gasteiger charge is -2.15. The Morgan fingerprint density at radius 1 is 1.26 bits per heavy atom. The summed E-state index contributed by atoms with van der Waals surface area (Å²) in [6.45, 7) is 0.685. The first-order valence-corrected chi connectivity index (χ1v) is 8.80. The van der Waals surface area contributed by atoms with Crippen molar-refractivity contribution < 1.29 is 14.3 Å². The summed E-state index contributed by atoms with van der Waals surface area (Å²) in [6, 6.07) is 15.2. The molecule has 0 bridgehead atoms. The molecule has 7 heteroatoms. The number of para-hydroxylation sites is 2. The number of nitrogens with one attached hydrogen (secondary N) is 2. The van der Waals surface area contributed by atoms with Crippen LogP contribution in [0.25, 0.3) is 10.9 Å². The molecule has 0 saturated carbocycles. The van der Waals surface area contributed by atoms with Crippen LogP contribution in [0.5, 0.6) is 5.75 Å². The number of H-pyrrole nitrogens is 1. The van der Waals surface area contributed by atoms with E-state index in [1.807, 2.05) is 48.5 Å². The third-order valence-corrected chi connectivity index (χ3v) is 4.85. The van der Waals surface area contributed by atoms with Gasteiger partial charge < -0.3 is 10.1 Å². The highest BCUT2D eigenvalue weighted by molar-refractivity contribution is 6.05. The average molecular weight is 364 g/mol. The summed E-state index contributed by atoms with van der Waals surface area (Å²) < 4.78 is 5.30. The molecular formula is C20H20N4O3. The van der Waals surface area contributed by atoms with Gasteiger partial charge in [0.15, 0.2) is 5.82 Å². The number of nitrogens with zero attached hydrogens (tertiary/aromatic N) is 2. The van der Waals surface area contributed by atoms with Crippen LogP contribution in [-0.4, -0.2) is 35.7 Å². The minimum atomic E-state index is -0.400. The third-order valence-electron chi connectivity index (χ3n) is 4.85. The van der Waals surface area contributed by atoms with E-state index < -0.39 is 5.92 Å². The molecule has 0 spiro atoms. The summed E-state index contributed by atoms with van der Waals surface area (Å²) in [5.74, 6) is 0.671. The lowest BCUT2D eigenvalue weighted by atomic mass is 10.1. The first-order chi connectivity index (χ1) is 13.2. The van der Waals surface area contributed by atoms with Crippen LogP contribution in [0.15, 0.2) is 48.5 Å². The first kappa shape index (κ1) is 17.1. The Morgan fingerprint density at radius 2 is 2.04 bits per heavy atom. The fourth-order valence-corrected chi connectivity index (χ4v) is 3.42. The molecule has 1 atom stereocenters. The normalized spacial score (nSPS) is 16.7. The summed E-state index contributed by atoms with van der Waals surface area (Å²) in [4.78, 5) is 26.7. The highest BCUT2D eigenvalue weighted by Gasteiger charge is 2.36. The fraction of sp³-hybridized carbons (Fsp3) is 0.250. The largest absolute Gasteiger partial charge is 0.496 e. The Hall–Kier alpha value is -3.35. The molecule has 4 rings (SSSR count). The molecule has 1 fully saturated rings. The lowest BCUT2D eigenvalue weighted by Crippen LogP contribution is -2.32. The van der Waals surface area contributed by atoms with Gasteiger partial charge in [0.2, 0.25) is 11.8 Å². The van der Waals surface area contributed by atoms with Gasteiger partial charge in [0.25, 0.3) is 0 Å². The molecule has 7 nitrogen and oxygen atoms in total. The molecular weight excluding hydrogens is 344 g/mol. The highest BCUT2D eigenvalue weighted by Crippen LogP contribution is 2.29. The monoisotopic (exact) mass is 364 g/mol. The molecule has 2 amide bonds. The zero-order valence-corrected chi connectivity index (χ0v) is 14.9. The van der Waals surface area contributed by atoms with E-state index in [9.17, 15) is 9.59 Å². The van der Waals surface area contributed by atoms with Gasteiger partial charge >= 0.3 is 0 Å². The van der Waals surface area contributed by atoms with Crippen LogP contribution in [0.1, 0.15) is 12.0 Å². The van der Waals surface area contributed by atoms with E-state index in [1.54, 1.807) is 12.0 Å². The third kappa shape index (κ3) is 3.23. The summed E-state index contributed by atoms with van der Waals surface area (Å²) >= 11 is 0. The van der Waals surface area contributed by atoms with Crippen molar-refractivity contribution in [2.45, 2.75) is 13.0 Å². The number of amides is 2. The van der Waals surface area contributed by atoms with Gasteiger partial charge in [-0.3, -0.25) is 19.6 Å². The van der Waals surface area contributed by atoms with E-state index in [2.05, 4.69) is 15.5 Å². The number of hydrogen-bond donors (Lipinski definition) is 2. The molecule has 1 saturated heterocycles. The van der Waals surface area contributed by atoms with Crippen molar-refractivity contribution in [3.8, 4) is 5.75 Å². The first-order valence-electron chi connectivity index (χ1n) is 8.80. The number of methoxy groups -OCH3 is 1. The number of hydrogen-bond acceptors (Lipinski definition) is 4. The molecule has 0 unspecified atom stereocenters. The number of aromatic nitrogens is 2. The second-order valence-electron chi connectivity index (χ2n) is 6.53. The average Bonchev–Trinajstić information content (AvgIpc) is 3.29. The van der Waals surface area contributed by atoms with Crippen molar-refractivity contribution in [1.82, 2.24) is 15.5 Å². The predicted octanol–water partition coefficient (Wildman–Crippen LogP) is 2.24. The number of aromatic amines is 1. The smallest absolute Gasteiger partial charge is 0.229 e. The van der Waals surface area contributed by atoms with Gasteiger partial charge in [-0.25, -0.2) is 0 Å². The predicted molar refractivity (Wildman–Crippen MR) is 101 cm³/mol. The summed E-state index contributed by atoms with van der Waals surface area (Å²) in [5, 5.41) is 11.0. The number of rotatable bonds is 5. The standard InChI is InChI=1S/C20H20N4O3/c1-27-17-9-5-2-6-13(17)11-21-20(26)14-10-18(25)24(12-14)19-15-7-3-4-8-16(15)22-23-19/h2-9,14H,10-12H2,1H3,(H,21,26)(H,22,23)/t14-/m1/s1. The summed E-state index contributed by atoms with van der Waals surface area (Å²) in [5.41, 5.74) is 1.76. The number of carbonyl (C=O) groups excluding carboxylic acids is 2. The molecule has 0 radical (unpaired) electrons. The van der Waals surface area contributed by atoms with Crippen LogP contribution < -0.4 is 15.0 Å². The highest BCUT2D eigenvalue weighted by atomic mass is 16.5. The molecule has 2 heterocycles. The second kappa shape index (κ2) is 7.11. The molecule has 3 aromatic rings. The van der Waals surface area contributed by atoms with Gasteiger partial charge in [0.1, 0.15) is 5.75 Å². The summed E-state index contributed by atoms with van der Waals surface area (Å²) in [7, 11) is 1.60. The van der Waals surface area contributed by atoms with E-state index >= 15 is 0 Å². The number of fused-ring (bicyclic) bond motifs is 1. The maximum Gasteiger partial charge on any atom is 0.229 e. The van der Waals surface area contributed by atoms with E-state index in [-0.39, 0.29) is 18.2 Å². The maximum atomic E-state index is 12.6. The zero-order chi connectivity index (χ0) is 18.8. The number of carbonyl (C=O) groups is 2. The summed E-state index contributed by atoms with van der Waals surface area (Å²) in [6.07, 6.45) is 0.180. The van der Waals surface area contributed by atoms with Crippen LogP contribution in [-0.2, 0) is 16.1 Å². The van der Waals surface area contributed by atoms with Crippen LogP contribution in [0.2, 0.25) is 0 Å². The van der Waals surface area contributed by atoms with Gasteiger partial charge in [-0.15, -0.1) is 0 Å². The molecule has 0 aliphatic carbocycles.